The fraction of sp³-hybridized carbons (Fsp3) is 0.588. The summed E-state index contributed by atoms with van der Waals surface area (Å²) in [7, 11) is 0. The normalized spacial score (nSPS) is 22.3. The van der Waals surface area contributed by atoms with E-state index in [2.05, 4.69) is 11.8 Å². The first-order valence-electron chi connectivity index (χ1n) is 8.03. The lowest BCUT2D eigenvalue weighted by molar-refractivity contribution is -0.385. The van der Waals surface area contributed by atoms with Crippen molar-refractivity contribution in [2.24, 2.45) is 5.92 Å². The van der Waals surface area contributed by atoms with Gasteiger partial charge < -0.3 is 5.11 Å². The van der Waals surface area contributed by atoms with Crippen molar-refractivity contribution in [2.45, 2.75) is 52.1 Å². The van der Waals surface area contributed by atoms with E-state index in [4.69, 9.17) is 0 Å². The molecule has 126 valence electrons. The number of nitro groups is 1. The molecule has 0 radical (unpaired) electrons. The highest BCUT2D eigenvalue weighted by Gasteiger charge is 2.30. The van der Waals surface area contributed by atoms with Crippen LogP contribution in [0.1, 0.15) is 50.7 Å². The van der Waals surface area contributed by atoms with E-state index in [-0.39, 0.29) is 28.5 Å². The van der Waals surface area contributed by atoms with Crippen molar-refractivity contribution in [3.05, 3.63) is 39.4 Å². The molecule has 1 fully saturated rings. The Bertz CT molecular complexity index is 600. The molecule has 2 rings (SSSR count). The molecule has 6 nitrogen and oxygen atoms in total. The minimum atomic E-state index is -0.761. The van der Waals surface area contributed by atoms with Crippen LogP contribution in [-0.2, 0) is 11.3 Å². The van der Waals surface area contributed by atoms with E-state index >= 15 is 0 Å². The van der Waals surface area contributed by atoms with Crippen LogP contribution in [0.4, 0.5) is 5.69 Å². The fourth-order valence-electron chi connectivity index (χ4n) is 3.17. The van der Waals surface area contributed by atoms with E-state index in [1.807, 2.05) is 26.0 Å². The summed E-state index contributed by atoms with van der Waals surface area (Å²) in [5.74, 6) is -1.02. The van der Waals surface area contributed by atoms with Gasteiger partial charge in [-0.1, -0.05) is 26.0 Å². The van der Waals surface area contributed by atoms with Gasteiger partial charge in [0.2, 0.25) is 0 Å². The summed E-state index contributed by atoms with van der Waals surface area (Å²) in [4.78, 5) is 24.3. The first-order chi connectivity index (χ1) is 10.8. The summed E-state index contributed by atoms with van der Waals surface area (Å²) in [6, 6.07) is 5.65. The Morgan fingerprint density at radius 2 is 2.13 bits per heavy atom. The van der Waals surface area contributed by atoms with Gasteiger partial charge in [0.1, 0.15) is 0 Å². The highest BCUT2D eigenvalue weighted by Crippen LogP contribution is 2.29. The Kier molecular flexibility index (Phi) is 5.36. The van der Waals surface area contributed by atoms with E-state index in [0.717, 1.165) is 17.5 Å². The van der Waals surface area contributed by atoms with Gasteiger partial charge in [0, 0.05) is 30.8 Å². The van der Waals surface area contributed by atoms with Crippen molar-refractivity contribution >= 4 is 11.7 Å². The van der Waals surface area contributed by atoms with Crippen molar-refractivity contribution in [2.75, 3.05) is 6.54 Å². The van der Waals surface area contributed by atoms with E-state index in [1.54, 1.807) is 6.07 Å². The maximum absolute atomic E-state index is 11.3. The third-order valence-electron chi connectivity index (χ3n) is 4.66. The molecule has 1 heterocycles. The number of carbonyl (C=O) groups is 1. The monoisotopic (exact) mass is 320 g/mol. The fourth-order valence-corrected chi connectivity index (χ4v) is 3.17. The smallest absolute Gasteiger partial charge is 0.307 e. The summed E-state index contributed by atoms with van der Waals surface area (Å²) in [6.45, 7) is 6.99. The predicted molar refractivity (Wildman–Crippen MR) is 87.4 cm³/mol. The molecule has 1 aromatic carbocycles. The maximum atomic E-state index is 11.3. The van der Waals surface area contributed by atoms with Crippen LogP contribution in [0.2, 0.25) is 0 Å². The minimum Gasteiger partial charge on any atom is -0.481 e. The Morgan fingerprint density at radius 3 is 2.70 bits per heavy atom. The van der Waals surface area contributed by atoms with E-state index < -0.39 is 5.97 Å². The molecule has 0 saturated carbocycles. The van der Waals surface area contributed by atoms with E-state index in [1.165, 1.54) is 0 Å². The third kappa shape index (κ3) is 4.07. The summed E-state index contributed by atoms with van der Waals surface area (Å²) >= 11 is 0. The number of nitrogens with zero attached hydrogens (tertiary/aromatic N) is 2. The second-order valence-corrected chi connectivity index (χ2v) is 6.70. The summed E-state index contributed by atoms with van der Waals surface area (Å²) < 4.78 is 0. The largest absolute Gasteiger partial charge is 0.481 e. The Hall–Kier alpha value is -1.95. The maximum Gasteiger partial charge on any atom is 0.307 e. The van der Waals surface area contributed by atoms with Gasteiger partial charge in [0.05, 0.1) is 10.8 Å². The zero-order chi connectivity index (χ0) is 17.1. The molecule has 0 amide bonds. The van der Waals surface area contributed by atoms with Gasteiger partial charge in [-0.15, -0.1) is 0 Å². The average Bonchev–Trinajstić information content (AvgIpc) is 2.48. The molecule has 23 heavy (non-hydrogen) atoms. The van der Waals surface area contributed by atoms with Crippen LogP contribution in [0.15, 0.2) is 18.2 Å². The number of carboxylic acids is 1. The van der Waals surface area contributed by atoms with Gasteiger partial charge in [-0.25, -0.2) is 0 Å². The van der Waals surface area contributed by atoms with Crippen LogP contribution >= 0.6 is 0 Å². The van der Waals surface area contributed by atoms with Crippen LogP contribution in [0.3, 0.4) is 0 Å². The molecule has 2 atom stereocenters. The first-order valence-corrected chi connectivity index (χ1v) is 8.03. The molecule has 0 aliphatic carbocycles. The number of piperidine rings is 1. The van der Waals surface area contributed by atoms with Gasteiger partial charge in [-0.05, 0) is 31.2 Å². The lowest BCUT2D eigenvalue weighted by Gasteiger charge is -2.36. The topological polar surface area (TPSA) is 83.7 Å². The summed E-state index contributed by atoms with van der Waals surface area (Å²) in [6.07, 6.45) is 1.53. The van der Waals surface area contributed by atoms with Crippen LogP contribution in [0, 0.1) is 16.0 Å². The molecule has 1 aromatic rings. The molecular formula is C17H24N2O4. The number of likely N-dealkylation sites (tertiary alicyclic amines) is 1. The number of nitro benzene ring substituents is 1. The lowest BCUT2D eigenvalue weighted by atomic mass is 9.92. The van der Waals surface area contributed by atoms with Gasteiger partial charge in [0.25, 0.3) is 5.69 Å². The third-order valence-corrected chi connectivity index (χ3v) is 4.66. The van der Waals surface area contributed by atoms with Crippen LogP contribution in [0.25, 0.3) is 0 Å². The average molecular weight is 320 g/mol. The van der Waals surface area contributed by atoms with Gasteiger partial charge in [0.15, 0.2) is 0 Å². The number of benzene rings is 1. The number of carboxylic acid groups (broad SMARTS) is 1. The van der Waals surface area contributed by atoms with Crippen molar-refractivity contribution in [1.82, 2.24) is 4.90 Å². The lowest BCUT2D eigenvalue weighted by Crippen LogP contribution is -2.43. The minimum absolute atomic E-state index is 0.0924. The molecule has 2 unspecified atom stereocenters. The second-order valence-electron chi connectivity index (χ2n) is 6.70. The van der Waals surface area contributed by atoms with Crippen molar-refractivity contribution < 1.29 is 14.8 Å². The van der Waals surface area contributed by atoms with Crippen molar-refractivity contribution in [1.29, 1.82) is 0 Å². The zero-order valence-electron chi connectivity index (χ0n) is 13.9. The van der Waals surface area contributed by atoms with E-state index in [0.29, 0.717) is 19.5 Å². The van der Waals surface area contributed by atoms with Gasteiger partial charge in [-0.3, -0.25) is 19.8 Å². The summed E-state index contributed by atoms with van der Waals surface area (Å²) in [5.41, 5.74) is 1.74. The molecular weight excluding hydrogens is 296 g/mol. The molecule has 0 spiro atoms. The molecule has 1 saturated heterocycles. The molecule has 6 heteroatoms. The van der Waals surface area contributed by atoms with Crippen molar-refractivity contribution in [3.63, 3.8) is 0 Å². The molecule has 1 aliphatic heterocycles. The Morgan fingerprint density at radius 1 is 1.43 bits per heavy atom. The molecule has 1 N–H and O–H groups in total. The number of hydrogen-bond donors (Lipinski definition) is 1. The van der Waals surface area contributed by atoms with Crippen LogP contribution < -0.4 is 0 Å². The van der Waals surface area contributed by atoms with Gasteiger partial charge >= 0.3 is 5.97 Å². The number of rotatable bonds is 5. The zero-order valence-corrected chi connectivity index (χ0v) is 13.9. The van der Waals surface area contributed by atoms with Crippen LogP contribution in [-0.4, -0.2) is 33.5 Å². The standard InChI is InChI=1S/C17H24N2O4/c1-11(2)15-7-5-13(8-16(15)19(22)23)9-18-10-14(17(20)21)6-4-12(18)3/h5,7-8,11-12,14H,4,6,9-10H2,1-3H3,(H,20,21). The second kappa shape index (κ2) is 7.08. The summed E-state index contributed by atoms with van der Waals surface area (Å²) in [5, 5.41) is 20.5. The predicted octanol–water partition coefficient (Wildman–Crippen LogP) is 3.40. The SMILES string of the molecule is CC(C)c1ccc(CN2CC(C(=O)O)CCC2C)cc1[N+](=O)[O-]. The van der Waals surface area contributed by atoms with Crippen LogP contribution in [0.5, 0.6) is 0 Å². The highest BCUT2D eigenvalue weighted by atomic mass is 16.6. The Labute approximate surface area is 136 Å². The van der Waals surface area contributed by atoms with Gasteiger partial charge in [-0.2, -0.15) is 0 Å². The first kappa shape index (κ1) is 17.4. The molecule has 0 bridgehead atoms. The number of aliphatic carboxylic acids is 1. The number of hydrogen-bond acceptors (Lipinski definition) is 4. The molecule has 0 aromatic heterocycles. The van der Waals surface area contributed by atoms with Crippen molar-refractivity contribution in [3.8, 4) is 0 Å². The molecule has 1 aliphatic rings. The Balaban J connectivity index is 2.20. The highest BCUT2D eigenvalue weighted by molar-refractivity contribution is 5.70. The van der Waals surface area contributed by atoms with E-state index in [9.17, 15) is 20.0 Å². The quantitative estimate of drug-likeness (QED) is 0.664.